The Morgan fingerprint density at radius 3 is 0.727 bits per heavy atom. The van der Waals surface area contributed by atoms with Gasteiger partial charge in [-0.3, -0.25) is 0 Å². The van der Waals surface area contributed by atoms with E-state index in [0.717, 1.165) is 0 Å². The van der Waals surface area contributed by atoms with Crippen LogP contribution in [0.3, 0.4) is 0 Å². The molecule has 0 bridgehead atoms. The van der Waals surface area contributed by atoms with Crippen LogP contribution in [0.15, 0.2) is 0 Å². The molecule has 0 aliphatic rings. The molecule has 5 heteroatoms. The van der Waals surface area contributed by atoms with Gasteiger partial charge in [0.1, 0.15) is 0 Å². The molecule has 0 heterocycles. The molecule has 0 radical (unpaired) electrons. The molecule has 0 rings (SSSR count). The van der Waals surface area contributed by atoms with Crippen LogP contribution in [0.4, 0.5) is 0 Å². The third-order valence-corrected chi connectivity index (χ3v) is 0. The fourth-order valence-corrected chi connectivity index (χ4v) is 0. The van der Waals surface area contributed by atoms with Gasteiger partial charge in [-0.05, 0) is 15.8 Å². The van der Waals surface area contributed by atoms with Crippen molar-refractivity contribution in [3.8, 4) is 0 Å². The molecule has 0 fully saturated rings. The predicted molar refractivity (Wildman–Crippen MR) is 63.9 cm³/mol. The van der Waals surface area contributed by atoms with E-state index in [0.29, 0.717) is 0 Å². The van der Waals surface area contributed by atoms with E-state index >= 15 is 0 Å². The minimum atomic E-state index is -0.472. The zero-order valence-electron chi connectivity index (χ0n) is 8.07. The second-order valence-corrected chi connectivity index (χ2v) is 12.3. The monoisotopic (exact) mass is 419 g/mol. The average Bonchev–Trinajstić information content (AvgIpc) is 1.60. The van der Waals surface area contributed by atoms with Gasteiger partial charge in [0.05, 0.1) is 0 Å². The van der Waals surface area contributed by atoms with Gasteiger partial charge in [-0.25, -0.2) is 0 Å². The van der Waals surface area contributed by atoms with Crippen LogP contribution in [0.25, 0.3) is 0 Å². The van der Waals surface area contributed by atoms with Gasteiger partial charge in [0.2, 0.25) is 0 Å². The van der Waals surface area contributed by atoms with Crippen molar-refractivity contribution in [2.45, 2.75) is 0 Å². The van der Waals surface area contributed by atoms with E-state index in [-0.39, 0.29) is 15.8 Å². The summed E-state index contributed by atoms with van der Waals surface area (Å²) in [5.74, 6) is 0. The Bertz CT molecular complexity index is 42.3. The van der Waals surface area contributed by atoms with Crippen LogP contribution in [0.2, 0.25) is 0 Å². The molecule has 0 atom stereocenters. The van der Waals surface area contributed by atoms with E-state index in [1.165, 1.54) is 0 Å². The number of hydrogen-bond donors (Lipinski definition) is 0. The molecule has 0 nitrogen and oxygen atoms in total. The molecule has 0 spiro atoms. The van der Waals surface area contributed by atoms with Crippen molar-refractivity contribution in [2.24, 2.45) is 0 Å². The van der Waals surface area contributed by atoms with Gasteiger partial charge in [0.25, 0.3) is 0 Å². The number of rotatable bonds is 0. The fraction of sp³-hybridized carbons (Fsp3) is 1.00. The van der Waals surface area contributed by atoms with Gasteiger partial charge >= 0.3 is 35.3 Å². The summed E-state index contributed by atoms with van der Waals surface area (Å²) in [6.45, 7) is 13.6. The molecule has 0 saturated carbocycles. The second-order valence-electron chi connectivity index (χ2n) is 3.05. The van der Waals surface area contributed by atoms with Gasteiger partial charge in [0, 0.05) is 40.0 Å². The first-order valence-corrected chi connectivity index (χ1v) is 14.9. The minimum absolute atomic E-state index is 0.120. The number of hydrogen-bond acceptors (Lipinski definition) is 0. The van der Waals surface area contributed by atoms with Crippen LogP contribution in [0.5, 0.6) is 0 Å². The molecule has 11 heavy (non-hydrogen) atoms. The second kappa shape index (κ2) is 18.0. The summed E-state index contributed by atoms with van der Waals surface area (Å²) in [4.78, 5) is 0. The topological polar surface area (TPSA) is 0 Å². The fourth-order valence-electron chi connectivity index (χ4n) is 0. The molecule has 0 N–H and O–H groups in total. The van der Waals surface area contributed by atoms with E-state index in [1.807, 2.05) is 0 Å². The third-order valence-electron chi connectivity index (χ3n) is 0. The van der Waals surface area contributed by atoms with Crippen LogP contribution in [0.1, 0.15) is 0 Å². The van der Waals surface area contributed by atoms with E-state index < -0.39 is 16.5 Å². The Kier molecular flexibility index (Phi) is 30.8. The van der Waals surface area contributed by atoms with E-state index in [1.54, 1.807) is 0 Å². The summed E-state index contributed by atoms with van der Waals surface area (Å²) >= 11 is -0.472. The van der Waals surface area contributed by atoms with E-state index in [9.17, 15) is 0 Å². The maximum absolute atomic E-state index is 4.88. The zero-order valence-corrected chi connectivity index (χ0v) is 13.9. The van der Waals surface area contributed by atoms with Crippen LogP contribution in [-0.4, -0.2) is 40.0 Å². The van der Waals surface area contributed by atoms with Crippen molar-refractivity contribution in [1.29, 1.82) is 0 Å². The normalized spacial score (nSPS) is 8.55. The first-order chi connectivity index (χ1) is 4.88. The predicted octanol–water partition coefficient (Wildman–Crippen LogP) is 3.56. The Hall–Kier alpha value is 2.13. The number of halogens is 2. The van der Waals surface area contributed by atoms with Crippen molar-refractivity contribution in [2.75, 3.05) is 40.0 Å². The molecule has 0 aliphatic carbocycles. The molecular formula is C6H20Cl2P2Pt+2. The van der Waals surface area contributed by atoms with Crippen LogP contribution in [-0.2, 0) is 16.5 Å². The van der Waals surface area contributed by atoms with Gasteiger partial charge < -0.3 is 0 Å². The average molecular weight is 420 g/mol. The van der Waals surface area contributed by atoms with E-state index in [2.05, 4.69) is 40.0 Å². The van der Waals surface area contributed by atoms with Crippen LogP contribution >= 0.6 is 34.7 Å². The zero-order chi connectivity index (χ0) is 9.86. The van der Waals surface area contributed by atoms with Gasteiger partial charge in [0.15, 0.2) is 0 Å². The Labute approximate surface area is 90.7 Å². The Balaban J connectivity index is -0.0000000886. The molecule has 0 aromatic carbocycles. The summed E-state index contributed by atoms with van der Waals surface area (Å²) in [6, 6.07) is 0. The SMILES string of the molecule is C[PH+](C)C.C[PH+](C)C.[Cl][Pt][Cl]. The quantitative estimate of drug-likeness (QED) is 0.526. The van der Waals surface area contributed by atoms with Gasteiger partial charge in [-0.2, -0.15) is 0 Å². The maximum atomic E-state index is 4.88. The summed E-state index contributed by atoms with van der Waals surface area (Å²) in [6.07, 6.45) is 0. The molecule has 0 aromatic heterocycles. The van der Waals surface area contributed by atoms with Gasteiger partial charge in [-0.15, -0.1) is 0 Å². The molecule has 0 unspecified atom stereocenters. The Morgan fingerprint density at radius 2 is 0.727 bits per heavy atom. The molecular weight excluding hydrogens is 400 g/mol. The van der Waals surface area contributed by atoms with Crippen molar-refractivity contribution >= 4 is 34.7 Å². The summed E-state index contributed by atoms with van der Waals surface area (Å²) in [5, 5.41) is 0. The molecule has 0 aliphatic heterocycles. The molecule has 0 saturated heterocycles. The first kappa shape index (κ1) is 18.8. The summed E-state index contributed by atoms with van der Waals surface area (Å²) in [5.41, 5.74) is 0. The van der Waals surface area contributed by atoms with Crippen LogP contribution in [0, 0.1) is 0 Å². The van der Waals surface area contributed by atoms with Gasteiger partial charge in [-0.1, -0.05) is 0 Å². The van der Waals surface area contributed by atoms with E-state index in [4.69, 9.17) is 18.8 Å². The Morgan fingerprint density at radius 1 is 0.727 bits per heavy atom. The third kappa shape index (κ3) is 275. The molecule has 0 aromatic rings. The van der Waals surface area contributed by atoms with Crippen molar-refractivity contribution in [3.63, 3.8) is 0 Å². The molecule has 76 valence electrons. The first-order valence-electron chi connectivity index (χ1n) is 3.24. The van der Waals surface area contributed by atoms with Crippen molar-refractivity contribution in [3.05, 3.63) is 0 Å². The summed E-state index contributed by atoms with van der Waals surface area (Å²) in [7, 11) is 9.99. The van der Waals surface area contributed by atoms with Crippen molar-refractivity contribution in [1.82, 2.24) is 0 Å². The molecule has 0 amide bonds. The standard InChI is InChI=1S/2C3H9P.2ClH.Pt/c2*1-4(2)3;;;/h2*1-3H3;2*1H;/q;;;;+2. The summed E-state index contributed by atoms with van der Waals surface area (Å²) < 4.78 is 0. The van der Waals surface area contributed by atoms with Crippen molar-refractivity contribution < 1.29 is 16.5 Å². The van der Waals surface area contributed by atoms with Crippen LogP contribution < -0.4 is 0 Å².